The van der Waals surface area contributed by atoms with Gasteiger partial charge in [0.15, 0.2) is 11.5 Å². The van der Waals surface area contributed by atoms with E-state index in [1.165, 1.54) is 0 Å². The number of carbonyl (C=O) groups excluding carboxylic acids is 1. The van der Waals surface area contributed by atoms with Crippen molar-refractivity contribution in [2.45, 2.75) is 6.61 Å². The molecule has 0 saturated heterocycles. The summed E-state index contributed by atoms with van der Waals surface area (Å²) in [6, 6.07) is 22.7. The Kier molecular flexibility index (Phi) is 6.12. The molecule has 0 aliphatic carbocycles. The van der Waals surface area contributed by atoms with Gasteiger partial charge in [0.2, 0.25) is 0 Å². The molecule has 0 aliphatic rings. The molecular formula is C21H18INO3. The third-order valence-electron chi connectivity index (χ3n) is 3.75. The average Bonchev–Trinajstić information content (AvgIpc) is 2.67. The molecule has 0 aromatic heterocycles. The first-order chi connectivity index (χ1) is 12.7. The number of hydrogen-bond acceptors (Lipinski definition) is 3. The predicted octanol–water partition coefficient (Wildman–Crippen LogP) is 5.13. The number of rotatable bonds is 6. The molecule has 132 valence electrons. The molecule has 0 atom stereocenters. The fourth-order valence-electron chi connectivity index (χ4n) is 2.43. The van der Waals surface area contributed by atoms with Gasteiger partial charge in [0.05, 0.1) is 7.11 Å². The third-order valence-corrected chi connectivity index (χ3v) is 4.42. The minimum atomic E-state index is -0.195. The molecule has 0 unspecified atom stereocenters. The standard InChI is InChI=1S/C21H18INO3/c1-25-20-12-16(21(24)23-18-9-5-8-17(22)13-18)10-11-19(20)26-14-15-6-3-2-4-7-15/h2-13H,14H2,1H3,(H,23,24). The summed E-state index contributed by atoms with van der Waals surface area (Å²) in [5.74, 6) is 0.929. The first-order valence-corrected chi connectivity index (χ1v) is 9.15. The monoisotopic (exact) mass is 459 g/mol. The van der Waals surface area contributed by atoms with E-state index >= 15 is 0 Å². The van der Waals surface area contributed by atoms with Crippen molar-refractivity contribution >= 4 is 34.2 Å². The third kappa shape index (κ3) is 4.76. The van der Waals surface area contributed by atoms with Crippen molar-refractivity contribution in [3.63, 3.8) is 0 Å². The summed E-state index contributed by atoms with van der Waals surface area (Å²) in [5.41, 5.74) is 2.33. The largest absolute Gasteiger partial charge is 0.493 e. The summed E-state index contributed by atoms with van der Waals surface area (Å²) < 4.78 is 12.3. The van der Waals surface area contributed by atoms with E-state index < -0.39 is 0 Å². The van der Waals surface area contributed by atoms with Crippen LogP contribution in [0, 0.1) is 3.57 Å². The zero-order valence-electron chi connectivity index (χ0n) is 14.2. The molecule has 0 heterocycles. The lowest BCUT2D eigenvalue weighted by Crippen LogP contribution is -2.12. The maximum Gasteiger partial charge on any atom is 0.255 e. The first kappa shape index (κ1) is 18.3. The number of benzene rings is 3. The van der Waals surface area contributed by atoms with Gasteiger partial charge >= 0.3 is 0 Å². The van der Waals surface area contributed by atoms with E-state index in [9.17, 15) is 4.79 Å². The highest BCUT2D eigenvalue weighted by Crippen LogP contribution is 2.29. The van der Waals surface area contributed by atoms with E-state index in [-0.39, 0.29) is 5.91 Å². The van der Waals surface area contributed by atoms with Crippen LogP contribution >= 0.6 is 22.6 Å². The normalized spacial score (nSPS) is 10.2. The number of nitrogens with one attached hydrogen (secondary N) is 1. The van der Waals surface area contributed by atoms with Gasteiger partial charge in [0.1, 0.15) is 6.61 Å². The van der Waals surface area contributed by atoms with E-state index in [0.717, 1.165) is 14.8 Å². The molecule has 3 aromatic carbocycles. The molecule has 1 amide bonds. The minimum absolute atomic E-state index is 0.195. The van der Waals surface area contributed by atoms with Crippen LogP contribution in [-0.4, -0.2) is 13.0 Å². The average molecular weight is 459 g/mol. The molecule has 26 heavy (non-hydrogen) atoms. The Labute approximate surface area is 166 Å². The summed E-state index contributed by atoms with van der Waals surface area (Å²) in [5, 5.41) is 2.89. The van der Waals surface area contributed by atoms with E-state index in [1.54, 1.807) is 25.3 Å². The molecule has 0 radical (unpaired) electrons. The zero-order valence-corrected chi connectivity index (χ0v) is 16.4. The maximum absolute atomic E-state index is 12.5. The highest BCUT2D eigenvalue weighted by molar-refractivity contribution is 14.1. The van der Waals surface area contributed by atoms with Crippen molar-refractivity contribution in [2.24, 2.45) is 0 Å². The summed E-state index contributed by atoms with van der Waals surface area (Å²) in [6.45, 7) is 0.436. The number of amides is 1. The molecule has 0 aliphatic heterocycles. The van der Waals surface area contributed by atoms with E-state index in [1.807, 2.05) is 54.6 Å². The fraction of sp³-hybridized carbons (Fsp3) is 0.0952. The second-order valence-electron chi connectivity index (χ2n) is 5.60. The predicted molar refractivity (Wildman–Crippen MR) is 111 cm³/mol. The van der Waals surface area contributed by atoms with Gasteiger partial charge in [0.25, 0.3) is 5.91 Å². The SMILES string of the molecule is COc1cc(C(=O)Nc2cccc(I)c2)ccc1OCc1ccccc1. The highest BCUT2D eigenvalue weighted by atomic mass is 127. The van der Waals surface area contributed by atoms with Gasteiger partial charge in [0, 0.05) is 14.8 Å². The Balaban J connectivity index is 1.72. The Morgan fingerprint density at radius 3 is 2.50 bits per heavy atom. The molecule has 1 N–H and O–H groups in total. The van der Waals surface area contributed by atoms with Gasteiger partial charge in [-0.15, -0.1) is 0 Å². The van der Waals surface area contributed by atoms with Crippen LogP contribution in [-0.2, 0) is 6.61 Å². The second-order valence-corrected chi connectivity index (χ2v) is 6.85. The Morgan fingerprint density at radius 2 is 1.77 bits per heavy atom. The molecule has 3 rings (SSSR count). The van der Waals surface area contributed by atoms with Crippen LogP contribution in [0.5, 0.6) is 11.5 Å². The van der Waals surface area contributed by atoms with Crippen molar-refractivity contribution in [1.29, 1.82) is 0 Å². The Bertz CT molecular complexity index is 897. The van der Waals surface area contributed by atoms with Crippen molar-refractivity contribution in [2.75, 3.05) is 12.4 Å². The molecule has 0 fully saturated rings. The lowest BCUT2D eigenvalue weighted by Gasteiger charge is -2.12. The number of carbonyl (C=O) groups is 1. The van der Waals surface area contributed by atoms with Crippen LogP contribution in [0.15, 0.2) is 72.8 Å². The fourth-order valence-corrected chi connectivity index (χ4v) is 2.98. The highest BCUT2D eigenvalue weighted by Gasteiger charge is 2.12. The van der Waals surface area contributed by atoms with Crippen molar-refractivity contribution < 1.29 is 14.3 Å². The van der Waals surface area contributed by atoms with Crippen LogP contribution in [0.1, 0.15) is 15.9 Å². The quantitative estimate of drug-likeness (QED) is 0.520. The van der Waals surface area contributed by atoms with Crippen LogP contribution in [0.2, 0.25) is 0 Å². The molecule has 5 heteroatoms. The van der Waals surface area contributed by atoms with E-state index in [0.29, 0.717) is 23.7 Å². The second kappa shape index (κ2) is 8.71. The van der Waals surface area contributed by atoms with E-state index in [4.69, 9.17) is 9.47 Å². The number of anilines is 1. The number of methoxy groups -OCH3 is 1. The van der Waals surface area contributed by atoms with Gasteiger partial charge in [-0.2, -0.15) is 0 Å². The summed E-state index contributed by atoms with van der Waals surface area (Å²) in [6.07, 6.45) is 0. The van der Waals surface area contributed by atoms with Crippen molar-refractivity contribution in [3.8, 4) is 11.5 Å². The van der Waals surface area contributed by atoms with Crippen molar-refractivity contribution in [3.05, 3.63) is 87.5 Å². The summed E-state index contributed by atoms with van der Waals surface area (Å²) in [4.78, 5) is 12.5. The van der Waals surface area contributed by atoms with E-state index in [2.05, 4.69) is 27.9 Å². The number of ether oxygens (including phenoxy) is 2. The topological polar surface area (TPSA) is 47.6 Å². The van der Waals surface area contributed by atoms with Gasteiger partial charge in [-0.1, -0.05) is 36.4 Å². The lowest BCUT2D eigenvalue weighted by atomic mass is 10.1. The van der Waals surface area contributed by atoms with Gasteiger partial charge in [-0.05, 0) is 64.6 Å². The molecular weight excluding hydrogens is 441 g/mol. The smallest absolute Gasteiger partial charge is 0.255 e. The number of halogens is 1. The zero-order chi connectivity index (χ0) is 18.4. The minimum Gasteiger partial charge on any atom is -0.493 e. The first-order valence-electron chi connectivity index (χ1n) is 8.07. The maximum atomic E-state index is 12.5. The molecule has 0 bridgehead atoms. The molecule has 3 aromatic rings. The Morgan fingerprint density at radius 1 is 0.962 bits per heavy atom. The van der Waals surface area contributed by atoms with Crippen LogP contribution in [0.3, 0.4) is 0 Å². The van der Waals surface area contributed by atoms with Crippen molar-refractivity contribution in [1.82, 2.24) is 0 Å². The summed E-state index contributed by atoms with van der Waals surface area (Å²) >= 11 is 2.21. The lowest BCUT2D eigenvalue weighted by molar-refractivity contribution is 0.102. The van der Waals surface area contributed by atoms with Gasteiger partial charge in [-0.3, -0.25) is 4.79 Å². The van der Waals surface area contributed by atoms with Crippen LogP contribution in [0.25, 0.3) is 0 Å². The van der Waals surface area contributed by atoms with Crippen LogP contribution in [0.4, 0.5) is 5.69 Å². The summed E-state index contributed by atoms with van der Waals surface area (Å²) in [7, 11) is 1.56. The van der Waals surface area contributed by atoms with Crippen LogP contribution < -0.4 is 14.8 Å². The Hall–Kier alpha value is -2.54. The molecule has 0 saturated carbocycles. The molecule has 0 spiro atoms. The van der Waals surface area contributed by atoms with Gasteiger partial charge in [-0.25, -0.2) is 0 Å². The number of hydrogen-bond donors (Lipinski definition) is 1. The van der Waals surface area contributed by atoms with Gasteiger partial charge < -0.3 is 14.8 Å². The molecule has 4 nitrogen and oxygen atoms in total.